The van der Waals surface area contributed by atoms with Gasteiger partial charge in [0.15, 0.2) is 0 Å². The Hall–Kier alpha value is -1.06. The average molecular weight is 254 g/mol. The molecule has 1 aromatic rings. The molecule has 1 unspecified atom stereocenters. The van der Waals surface area contributed by atoms with Crippen LogP contribution in [0.25, 0.3) is 0 Å². The molecule has 0 radical (unpaired) electrons. The number of aryl methyl sites for hydroxylation is 1. The van der Waals surface area contributed by atoms with E-state index >= 15 is 0 Å². The summed E-state index contributed by atoms with van der Waals surface area (Å²) in [4.78, 5) is 11.0. The maximum absolute atomic E-state index is 11.0. The Morgan fingerprint density at radius 1 is 1.59 bits per heavy atom. The van der Waals surface area contributed by atoms with E-state index in [1.54, 1.807) is 0 Å². The number of carbonyl (C=O) groups is 1. The molecule has 0 fully saturated rings. The van der Waals surface area contributed by atoms with Gasteiger partial charge in [-0.2, -0.15) is 0 Å². The van der Waals surface area contributed by atoms with Crippen molar-refractivity contribution in [2.24, 2.45) is 0 Å². The summed E-state index contributed by atoms with van der Waals surface area (Å²) in [7, 11) is 1.41. The molecule has 0 spiro atoms. The van der Waals surface area contributed by atoms with Gasteiger partial charge in [0.1, 0.15) is 0 Å². The summed E-state index contributed by atoms with van der Waals surface area (Å²) in [5.41, 5.74) is 2.62. The van der Waals surface area contributed by atoms with E-state index in [0.717, 1.165) is 17.9 Å². The van der Waals surface area contributed by atoms with Gasteiger partial charge in [0.2, 0.25) is 0 Å². The molecular weight excluding hydrogens is 238 g/mol. The van der Waals surface area contributed by atoms with E-state index in [4.69, 9.17) is 11.6 Å². The molecule has 1 atom stereocenters. The van der Waals surface area contributed by atoms with Crippen LogP contribution < -0.4 is 5.32 Å². The molecule has 1 aliphatic carbocycles. The van der Waals surface area contributed by atoms with Gasteiger partial charge in [-0.3, -0.25) is 4.79 Å². The fourth-order valence-corrected chi connectivity index (χ4v) is 2.44. The Balaban J connectivity index is 1.91. The second-order valence-electron chi connectivity index (χ2n) is 4.21. The van der Waals surface area contributed by atoms with Crippen molar-refractivity contribution in [1.29, 1.82) is 0 Å². The summed E-state index contributed by atoms with van der Waals surface area (Å²) in [6.45, 7) is 0.652. The molecule has 92 valence electrons. The highest BCUT2D eigenvalue weighted by Crippen LogP contribution is 2.32. The van der Waals surface area contributed by atoms with Crippen LogP contribution in [-0.2, 0) is 16.0 Å². The molecule has 0 bridgehead atoms. The van der Waals surface area contributed by atoms with Gasteiger partial charge in [-0.1, -0.05) is 17.7 Å². The lowest BCUT2D eigenvalue weighted by molar-refractivity contribution is -0.140. The predicted molar refractivity (Wildman–Crippen MR) is 67.1 cm³/mol. The third-order valence-corrected chi connectivity index (χ3v) is 3.37. The first-order valence-corrected chi connectivity index (χ1v) is 6.17. The largest absolute Gasteiger partial charge is 0.469 e. The molecule has 4 heteroatoms. The number of esters is 1. The molecule has 0 heterocycles. The molecule has 1 N–H and O–H groups in total. The molecule has 3 nitrogen and oxygen atoms in total. The molecule has 1 aliphatic rings. The number of rotatable bonds is 4. The second kappa shape index (κ2) is 5.52. The zero-order chi connectivity index (χ0) is 12.3. The summed E-state index contributed by atoms with van der Waals surface area (Å²) in [5.74, 6) is -0.174. The summed E-state index contributed by atoms with van der Waals surface area (Å²) >= 11 is 5.95. The van der Waals surface area contributed by atoms with Crippen LogP contribution in [0.3, 0.4) is 0 Å². The number of nitrogens with one attached hydrogen (secondary N) is 1. The monoisotopic (exact) mass is 253 g/mol. The molecule has 0 aliphatic heterocycles. The summed E-state index contributed by atoms with van der Waals surface area (Å²) in [5, 5.41) is 4.17. The van der Waals surface area contributed by atoms with E-state index in [0.29, 0.717) is 19.0 Å². The van der Waals surface area contributed by atoms with E-state index in [1.165, 1.54) is 18.2 Å². The third kappa shape index (κ3) is 2.99. The maximum atomic E-state index is 11.0. The van der Waals surface area contributed by atoms with E-state index < -0.39 is 0 Å². The topological polar surface area (TPSA) is 38.3 Å². The van der Waals surface area contributed by atoms with Crippen LogP contribution in [0.15, 0.2) is 18.2 Å². The lowest BCUT2D eigenvalue weighted by Crippen LogP contribution is -2.22. The molecule has 17 heavy (non-hydrogen) atoms. The Morgan fingerprint density at radius 2 is 2.41 bits per heavy atom. The van der Waals surface area contributed by atoms with E-state index in [2.05, 4.69) is 16.1 Å². The first-order chi connectivity index (χ1) is 8.20. The van der Waals surface area contributed by atoms with Crippen LogP contribution >= 0.6 is 11.6 Å². The van der Waals surface area contributed by atoms with Crippen LogP contribution in [0.4, 0.5) is 0 Å². The summed E-state index contributed by atoms with van der Waals surface area (Å²) < 4.78 is 4.60. The Kier molecular flexibility index (Phi) is 4.02. The van der Waals surface area contributed by atoms with Crippen molar-refractivity contribution in [2.75, 3.05) is 13.7 Å². The number of halogens is 1. The van der Waals surface area contributed by atoms with Crippen molar-refractivity contribution in [3.8, 4) is 0 Å². The highest BCUT2D eigenvalue weighted by Gasteiger charge is 2.21. The van der Waals surface area contributed by atoms with Crippen LogP contribution in [0.5, 0.6) is 0 Å². The smallest absolute Gasteiger partial charge is 0.306 e. The third-order valence-electron chi connectivity index (χ3n) is 3.13. The predicted octanol–water partition coefficient (Wildman–Crippen LogP) is 2.48. The first-order valence-electron chi connectivity index (χ1n) is 5.79. The van der Waals surface area contributed by atoms with E-state index in [1.807, 2.05) is 12.1 Å². The fraction of sp³-hybridized carbons (Fsp3) is 0.462. The lowest BCUT2D eigenvalue weighted by Gasteiger charge is -2.13. The minimum absolute atomic E-state index is 0.174. The number of benzene rings is 1. The maximum Gasteiger partial charge on any atom is 0.306 e. The number of fused-ring (bicyclic) bond motifs is 1. The molecular formula is C13H16ClNO2. The van der Waals surface area contributed by atoms with Crippen LogP contribution in [0, 0.1) is 0 Å². The molecule has 2 rings (SSSR count). The minimum atomic E-state index is -0.174. The SMILES string of the molecule is COC(=O)CCNC1CCc2cc(Cl)ccc21. The van der Waals surface area contributed by atoms with Gasteiger partial charge in [0.05, 0.1) is 13.5 Å². The van der Waals surface area contributed by atoms with Crippen LogP contribution in [0.1, 0.15) is 30.0 Å². The average Bonchev–Trinajstić information content (AvgIpc) is 2.71. The van der Waals surface area contributed by atoms with Crippen molar-refractivity contribution in [3.63, 3.8) is 0 Å². The number of hydrogen-bond donors (Lipinski definition) is 1. The van der Waals surface area contributed by atoms with Gasteiger partial charge in [0.25, 0.3) is 0 Å². The van der Waals surface area contributed by atoms with Gasteiger partial charge in [-0.05, 0) is 36.1 Å². The van der Waals surface area contributed by atoms with Gasteiger partial charge in [0, 0.05) is 17.6 Å². The van der Waals surface area contributed by atoms with Gasteiger partial charge >= 0.3 is 5.97 Å². The molecule has 0 saturated carbocycles. The lowest BCUT2D eigenvalue weighted by atomic mass is 10.1. The number of carbonyl (C=O) groups excluding carboxylic acids is 1. The van der Waals surface area contributed by atoms with Gasteiger partial charge in [-0.15, -0.1) is 0 Å². The Bertz CT molecular complexity index is 420. The second-order valence-corrected chi connectivity index (χ2v) is 4.65. The minimum Gasteiger partial charge on any atom is -0.469 e. The number of methoxy groups -OCH3 is 1. The summed E-state index contributed by atoms with van der Waals surface area (Å²) in [6, 6.07) is 6.35. The highest BCUT2D eigenvalue weighted by atomic mass is 35.5. The first kappa shape index (κ1) is 12.4. The van der Waals surface area contributed by atoms with Crippen molar-refractivity contribution in [1.82, 2.24) is 5.32 Å². The van der Waals surface area contributed by atoms with Crippen molar-refractivity contribution >= 4 is 17.6 Å². The standard InChI is InChI=1S/C13H16ClNO2/c1-17-13(16)6-7-15-12-5-2-9-8-10(14)3-4-11(9)12/h3-4,8,12,15H,2,5-7H2,1H3. The fourth-order valence-electron chi connectivity index (χ4n) is 2.25. The number of hydrogen-bond acceptors (Lipinski definition) is 3. The van der Waals surface area contributed by atoms with Gasteiger partial charge < -0.3 is 10.1 Å². The van der Waals surface area contributed by atoms with Crippen LogP contribution in [-0.4, -0.2) is 19.6 Å². The molecule has 0 saturated heterocycles. The summed E-state index contributed by atoms with van der Waals surface area (Å²) in [6.07, 6.45) is 2.53. The molecule has 0 amide bonds. The van der Waals surface area contributed by atoms with Gasteiger partial charge in [-0.25, -0.2) is 0 Å². The zero-order valence-corrected chi connectivity index (χ0v) is 10.6. The van der Waals surface area contributed by atoms with Crippen molar-refractivity contribution < 1.29 is 9.53 Å². The molecule has 0 aromatic heterocycles. The normalized spacial score (nSPS) is 17.9. The zero-order valence-electron chi connectivity index (χ0n) is 9.83. The quantitative estimate of drug-likeness (QED) is 0.838. The van der Waals surface area contributed by atoms with E-state index in [9.17, 15) is 4.79 Å². The van der Waals surface area contributed by atoms with Crippen molar-refractivity contribution in [3.05, 3.63) is 34.3 Å². The Morgan fingerprint density at radius 3 is 3.18 bits per heavy atom. The highest BCUT2D eigenvalue weighted by molar-refractivity contribution is 6.30. The van der Waals surface area contributed by atoms with Crippen molar-refractivity contribution in [2.45, 2.75) is 25.3 Å². The Labute approximate surface area is 106 Å². The van der Waals surface area contributed by atoms with E-state index in [-0.39, 0.29) is 5.97 Å². The molecule has 1 aromatic carbocycles. The number of ether oxygens (including phenoxy) is 1. The van der Waals surface area contributed by atoms with Crippen LogP contribution in [0.2, 0.25) is 5.02 Å².